The van der Waals surface area contributed by atoms with Crippen LogP contribution in [0.25, 0.3) is 0 Å². The van der Waals surface area contributed by atoms with E-state index in [-0.39, 0.29) is 30.3 Å². The third kappa shape index (κ3) is 3.92. The summed E-state index contributed by atoms with van der Waals surface area (Å²) in [6.07, 6.45) is 0.127. The standard InChI is InChI=1S/C16H25F3N2O2/c17-16(18,19)12-2-1-3-13(10-12)20-14(22)21-7-4-15(11-21)5-8-23-9-6-15/h12-13H,1-11H2,(H,20,22)/t12-,13+/m1/s1. The molecule has 0 radical (unpaired) electrons. The smallest absolute Gasteiger partial charge is 0.381 e. The van der Waals surface area contributed by atoms with Crippen molar-refractivity contribution in [3.05, 3.63) is 0 Å². The van der Waals surface area contributed by atoms with Crippen molar-refractivity contribution in [2.75, 3.05) is 26.3 Å². The molecule has 2 aliphatic heterocycles. The predicted molar refractivity (Wildman–Crippen MR) is 79.0 cm³/mol. The zero-order valence-corrected chi connectivity index (χ0v) is 13.3. The lowest BCUT2D eigenvalue weighted by molar-refractivity contribution is -0.183. The topological polar surface area (TPSA) is 41.6 Å². The van der Waals surface area contributed by atoms with Crippen molar-refractivity contribution in [3.8, 4) is 0 Å². The van der Waals surface area contributed by atoms with Gasteiger partial charge in [-0.1, -0.05) is 6.42 Å². The second-order valence-electron chi connectivity index (χ2n) is 7.34. The average molecular weight is 334 g/mol. The van der Waals surface area contributed by atoms with Crippen LogP contribution in [0.3, 0.4) is 0 Å². The van der Waals surface area contributed by atoms with Crippen LogP contribution in [0.4, 0.5) is 18.0 Å². The van der Waals surface area contributed by atoms with Crippen LogP contribution in [0.15, 0.2) is 0 Å². The fourth-order valence-corrected chi connectivity index (χ4v) is 4.21. The Morgan fingerprint density at radius 2 is 1.91 bits per heavy atom. The summed E-state index contributed by atoms with van der Waals surface area (Å²) in [5.41, 5.74) is 0.163. The molecule has 1 saturated carbocycles. The molecule has 2 atom stereocenters. The van der Waals surface area contributed by atoms with Crippen molar-refractivity contribution < 1.29 is 22.7 Å². The molecule has 0 bridgehead atoms. The molecule has 7 heteroatoms. The molecule has 3 rings (SSSR count). The number of rotatable bonds is 1. The second kappa shape index (κ2) is 6.49. The van der Waals surface area contributed by atoms with Crippen LogP contribution in [0.1, 0.15) is 44.9 Å². The molecule has 0 aromatic heterocycles. The highest BCUT2D eigenvalue weighted by atomic mass is 19.4. The van der Waals surface area contributed by atoms with E-state index in [4.69, 9.17) is 4.74 Å². The molecule has 3 aliphatic rings. The Bertz CT molecular complexity index is 436. The number of alkyl halides is 3. The van der Waals surface area contributed by atoms with Crippen molar-refractivity contribution in [1.82, 2.24) is 10.2 Å². The largest absolute Gasteiger partial charge is 0.391 e. The lowest BCUT2D eigenvalue weighted by Crippen LogP contribution is -2.47. The van der Waals surface area contributed by atoms with Crippen LogP contribution in [-0.4, -0.2) is 49.5 Å². The normalized spacial score (nSPS) is 31.3. The first-order valence-corrected chi connectivity index (χ1v) is 8.58. The molecule has 1 aliphatic carbocycles. The van der Waals surface area contributed by atoms with Crippen molar-refractivity contribution in [2.45, 2.75) is 57.2 Å². The summed E-state index contributed by atoms with van der Waals surface area (Å²) in [5, 5.41) is 2.84. The minimum Gasteiger partial charge on any atom is -0.381 e. The zero-order valence-electron chi connectivity index (χ0n) is 13.3. The maximum absolute atomic E-state index is 12.9. The first-order chi connectivity index (χ1) is 10.9. The van der Waals surface area contributed by atoms with Crippen molar-refractivity contribution in [3.63, 3.8) is 0 Å². The van der Waals surface area contributed by atoms with E-state index in [1.807, 2.05) is 0 Å². The van der Waals surface area contributed by atoms with Gasteiger partial charge in [0.25, 0.3) is 0 Å². The number of nitrogens with zero attached hydrogens (tertiary/aromatic N) is 1. The van der Waals surface area contributed by atoms with Gasteiger partial charge in [-0.15, -0.1) is 0 Å². The van der Waals surface area contributed by atoms with Gasteiger partial charge in [-0.25, -0.2) is 4.79 Å². The van der Waals surface area contributed by atoms with E-state index in [0.717, 1.165) is 32.5 Å². The van der Waals surface area contributed by atoms with E-state index in [1.165, 1.54) is 0 Å². The van der Waals surface area contributed by atoms with E-state index >= 15 is 0 Å². The second-order valence-corrected chi connectivity index (χ2v) is 7.34. The molecule has 1 N–H and O–H groups in total. The van der Waals surface area contributed by atoms with Gasteiger partial charge in [0.2, 0.25) is 0 Å². The van der Waals surface area contributed by atoms with Crippen LogP contribution in [0, 0.1) is 11.3 Å². The lowest BCUT2D eigenvalue weighted by Gasteiger charge is -2.34. The molecule has 2 amide bonds. The van der Waals surface area contributed by atoms with Crippen LogP contribution in [0.5, 0.6) is 0 Å². The zero-order chi connectivity index (χ0) is 16.5. The molecular weight excluding hydrogens is 309 g/mol. The Morgan fingerprint density at radius 3 is 2.61 bits per heavy atom. The Morgan fingerprint density at radius 1 is 1.17 bits per heavy atom. The highest BCUT2D eigenvalue weighted by Gasteiger charge is 2.44. The SMILES string of the molecule is O=C(N[C@H]1CCC[C@@H](C(F)(F)F)C1)N1CCC2(CCOCC2)C1. The number of nitrogens with one attached hydrogen (secondary N) is 1. The number of urea groups is 1. The van der Waals surface area contributed by atoms with Crippen LogP contribution in [-0.2, 0) is 4.74 Å². The van der Waals surface area contributed by atoms with Gasteiger partial charge in [-0.2, -0.15) is 13.2 Å². The highest BCUT2D eigenvalue weighted by molar-refractivity contribution is 5.75. The summed E-state index contributed by atoms with van der Waals surface area (Å²) in [6, 6.07) is -0.546. The molecule has 0 aromatic carbocycles. The summed E-state index contributed by atoms with van der Waals surface area (Å²) >= 11 is 0. The number of ether oxygens (including phenoxy) is 1. The molecule has 1 spiro atoms. The maximum atomic E-state index is 12.9. The summed E-state index contributed by atoms with van der Waals surface area (Å²) < 4.78 is 44.0. The molecule has 3 fully saturated rings. The van der Waals surface area contributed by atoms with Crippen molar-refractivity contribution >= 4 is 6.03 Å². The average Bonchev–Trinajstić information content (AvgIpc) is 2.91. The maximum Gasteiger partial charge on any atom is 0.391 e. The predicted octanol–water partition coefficient (Wildman–Crippen LogP) is 3.32. The number of likely N-dealkylation sites (tertiary alicyclic amines) is 1. The summed E-state index contributed by atoms with van der Waals surface area (Å²) in [5.74, 6) is -1.28. The Balaban J connectivity index is 1.51. The Hall–Kier alpha value is -0.980. The van der Waals surface area contributed by atoms with Gasteiger partial charge < -0.3 is 15.0 Å². The van der Waals surface area contributed by atoms with Crippen molar-refractivity contribution in [1.29, 1.82) is 0 Å². The molecule has 23 heavy (non-hydrogen) atoms. The van der Waals surface area contributed by atoms with Crippen molar-refractivity contribution in [2.24, 2.45) is 11.3 Å². The third-order valence-electron chi connectivity index (χ3n) is 5.74. The Kier molecular flexibility index (Phi) is 4.76. The number of hydrogen-bond donors (Lipinski definition) is 1. The fraction of sp³-hybridized carbons (Fsp3) is 0.938. The molecule has 2 saturated heterocycles. The highest BCUT2D eigenvalue weighted by Crippen LogP contribution is 2.40. The van der Waals surface area contributed by atoms with E-state index in [9.17, 15) is 18.0 Å². The van der Waals surface area contributed by atoms with E-state index in [0.29, 0.717) is 25.9 Å². The molecule has 4 nitrogen and oxygen atoms in total. The van der Waals surface area contributed by atoms with Gasteiger partial charge in [0.1, 0.15) is 0 Å². The molecular formula is C16H25F3N2O2. The number of hydrogen-bond acceptors (Lipinski definition) is 2. The number of halogens is 3. The van der Waals surface area contributed by atoms with E-state index < -0.39 is 12.1 Å². The van der Waals surface area contributed by atoms with Gasteiger partial charge in [0, 0.05) is 32.3 Å². The fourth-order valence-electron chi connectivity index (χ4n) is 4.21. The lowest BCUT2D eigenvalue weighted by atomic mass is 9.80. The Labute approximate surface area is 134 Å². The van der Waals surface area contributed by atoms with E-state index in [2.05, 4.69) is 5.32 Å². The monoisotopic (exact) mass is 334 g/mol. The van der Waals surface area contributed by atoms with Gasteiger partial charge in [0.05, 0.1) is 5.92 Å². The number of carbonyl (C=O) groups is 1. The van der Waals surface area contributed by atoms with Gasteiger partial charge in [-0.05, 0) is 43.9 Å². The number of amides is 2. The quantitative estimate of drug-likeness (QED) is 0.799. The van der Waals surface area contributed by atoms with E-state index in [1.54, 1.807) is 4.90 Å². The molecule has 132 valence electrons. The number of carbonyl (C=O) groups excluding carboxylic acids is 1. The third-order valence-corrected chi connectivity index (χ3v) is 5.74. The first kappa shape index (κ1) is 16.9. The van der Waals surface area contributed by atoms with Crippen LogP contribution >= 0.6 is 0 Å². The van der Waals surface area contributed by atoms with Gasteiger partial charge in [0.15, 0.2) is 0 Å². The van der Waals surface area contributed by atoms with Crippen LogP contribution < -0.4 is 5.32 Å². The first-order valence-electron chi connectivity index (χ1n) is 8.58. The summed E-state index contributed by atoms with van der Waals surface area (Å²) in [6.45, 7) is 2.88. The van der Waals surface area contributed by atoms with Crippen LogP contribution in [0.2, 0.25) is 0 Å². The summed E-state index contributed by atoms with van der Waals surface area (Å²) in [4.78, 5) is 14.2. The minimum atomic E-state index is -4.15. The van der Waals surface area contributed by atoms with Gasteiger partial charge >= 0.3 is 12.2 Å². The molecule has 2 heterocycles. The molecule has 0 unspecified atom stereocenters. The molecule has 0 aromatic rings. The minimum absolute atomic E-state index is 0.0159. The van der Waals surface area contributed by atoms with Gasteiger partial charge in [-0.3, -0.25) is 0 Å². The summed E-state index contributed by atoms with van der Waals surface area (Å²) in [7, 11) is 0.